The average molecular weight is 240 g/mol. The van der Waals surface area contributed by atoms with Gasteiger partial charge in [-0.15, -0.1) is 0 Å². The summed E-state index contributed by atoms with van der Waals surface area (Å²) in [5.41, 5.74) is 1.90. The maximum atomic E-state index is 12.7. The molecule has 2 atom stereocenters. The van der Waals surface area contributed by atoms with Gasteiger partial charge in [0, 0.05) is 22.5 Å². The molecule has 92 valence electrons. The number of hydrogen-bond acceptors (Lipinski definition) is 2. The summed E-state index contributed by atoms with van der Waals surface area (Å²) in [4.78, 5) is 25.2. The molecule has 0 aliphatic heterocycles. The monoisotopic (exact) mass is 240 g/mol. The number of Topliss-reactive ketones (excluding diaryl/α,β-unsaturated/α-hetero) is 2. The maximum Gasteiger partial charge on any atom is 0.170 e. The molecule has 0 saturated carbocycles. The van der Waals surface area contributed by atoms with Crippen molar-refractivity contribution in [3.05, 3.63) is 47.0 Å². The number of carbonyl (C=O) groups is 2. The molecule has 0 amide bonds. The predicted molar refractivity (Wildman–Crippen MR) is 69.7 cm³/mol. The van der Waals surface area contributed by atoms with Crippen molar-refractivity contribution >= 4 is 11.6 Å². The van der Waals surface area contributed by atoms with Gasteiger partial charge in [0.25, 0.3) is 0 Å². The summed E-state index contributed by atoms with van der Waals surface area (Å²) in [6, 6.07) is 7.22. The molecule has 2 heteroatoms. The van der Waals surface area contributed by atoms with Gasteiger partial charge in [0.05, 0.1) is 0 Å². The van der Waals surface area contributed by atoms with E-state index < -0.39 is 5.41 Å². The molecule has 0 aromatic heterocycles. The SMILES string of the molecule is CC1=CC[C@@H]2C(=O)c3ccccc3C(=O)[C@@]2(C)C1. The van der Waals surface area contributed by atoms with Gasteiger partial charge in [-0.25, -0.2) is 0 Å². The summed E-state index contributed by atoms with van der Waals surface area (Å²) in [7, 11) is 0. The highest BCUT2D eigenvalue weighted by Gasteiger charge is 2.50. The second-order valence-electron chi connectivity index (χ2n) is 5.67. The molecule has 18 heavy (non-hydrogen) atoms. The van der Waals surface area contributed by atoms with Gasteiger partial charge in [-0.2, -0.15) is 0 Å². The first kappa shape index (κ1) is 11.4. The summed E-state index contributed by atoms with van der Waals surface area (Å²) in [6.45, 7) is 3.99. The molecule has 0 radical (unpaired) electrons. The number of rotatable bonds is 0. The van der Waals surface area contributed by atoms with Gasteiger partial charge in [-0.05, 0) is 19.8 Å². The van der Waals surface area contributed by atoms with Crippen molar-refractivity contribution in [3.8, 4) is 0 Å². The van der Waals surface area contributed by atoms with E-state index in [4.69, 9.17) is 0 Å². The van der Waals surface area contributed by atoms with Gasteiger partial charge >= 0.3 is 0 Å². The fraction of sp³-hybridized carbons (Fsp3) is 0.375. The Morgan fingerprint density at radius 1 is 1.17 bits per heavy atom. The Morgan fingerprint density at radius 2 is 1.83 bits per heavy atom. The normalized spacial score (nSPS) is 30.6. The first-order valence-electron chi connectivity index (χ1n) is 6.38. The van der Waals surface area contributed by atoms with Crippen molar-refractivity contribution in [3.63, 3.8) is 0 Å². The molecule has 0 N–H and O–H groups in total. The molecule has 0 fully saturated rings. The standard InChI is InChI=1S/C16H16O2/c1-10-7-8-13-14(17)11-5-3-4-6-12(11)15(18)16(13,2)9-10/h3-7,13H,8-9H2,1-2H3/t13-,16+/m1/s1. The Bertz CT molecular complexity index is 583. The molecular weight excluding hydrogens is 224 g/mol. The van der Waals surface area contributed by atoms with Crippen LogP contribution in [-0.4, -0.2) is 11.6 Å². The van der Waals surface area contributed by atoms with Crippen molar-refractivity contribution in [2.24, 2.45) is 11.3 Å². The summed E-state index contributed by atoms with van der Waals surface area (Å²) in [5.74, 6) is 0.0928. The number of hydrogen-bond donors (Lipinski definition) is 0. The fourth-order valence-electron chi connectivity index (χ4n) is 3.38. The summed E-state index contributed by atoms with van der Waals surface area (Å²) in [5, 5.41) is 0. The molecule has 0 unspecified atom stereocenters. The highest BCUT2D eigenvalue weighted by atomic mass is 16.1. The molecule has 1 aromatic carbocycles. The zero-order valence-corrected chi connectivity index (χ0v) is 10.7. The zero-order valence-electron chi connectivity index (χ0n) is 10.7. The van der Waals surface area contributed by atoms with Gasteiger partial charge in [0.2, 0.25) is 0 Å². The second-order valence-corrected chi connectivity index (χ2v) is 5.67. The largest absolute Gasteiger partial charge is 0.294 e. The van der Waals surface area contributed by atoms with E-state index in [2.05, 4.69) is 6.08 Å². The third-order valence-electron chi connectivity index (χ3n) is 4.39. The van der Waals surface area contributed by atoms with Crippen LogP contribution in [0.2, 0.25) is 0 Å². The van der Waals surface area contributed by atoms with Gasteiger partial charge in [-0.3, -0.25) is 9.59 Å². The van der Waals surface area contributed by atoms with Crippen LogP contribution in [0, 0.1) is 11.3 Å². The lowest BCUT2D eigenvalue weighted by atomic mass is 9.58. The van der Waals surface area contributed by atoms with E-state index in [-0.39, 0.29) is 17.5 Å². The smallest absolute Gasteiger partial charge is 0.170 e. The van der Waals surface area contributed by atoms with E-state index in [0.29, 0.717) is 24.0 Å². The Morgan fingerprint density at radius 3 is 2.56 bits per heavy atom. The minimum absolute atomic E-state index is 0.134. The van der Waals surface area contributed by atoms with E-state index >= 15 is 0 Å². The van der Waals surface area contributed by atoms with Crippen LogP contribution < -0.4 is 0 Å². The molecule has 2 aliphatic rings. The topological polar surface area (TPSA) is 34.1 Å². The van der Waals surface area contributed by atoms with Crippen LogP contribution in [0.15, 0.2) is 35.9 Å². The van der Waals surface area contributed by atoms with Gasteiger partial charge < -0.3 is 0 Å². The average Bonchev–Trinajstić information content (AvgIpc) is 2.36. The molecule has 2 nitrogen and oxygen atoms in total. The summed E-state index contributed by atoms with van der Waals surface area (Å²) in [6.07, 6.45) is 3.50. The van der Waals surface area contributed by atoms with Crippen molar-refractivity contribution in [1.82, 2.24) is 0 Å². The fourth-order valence-corrected chi connectivity index (χ4v) is 3.38. The van der Waals surface area contributed by atoms with Crippen molar-refractivity contribution in [2.45, 2.75) is 26.7 Å². The molecule has 2 aliphatic carbocycles. The van der Waals surface area contributed by atoms with Crippen LogP contribution >= 0.6 is 0 Å². The number of carbonyl (C=O) groups excluding carboxylic acids is 2. The minimum Gasteiger partial charge on any atom is -0.294 e. The van der Waals surface area contributed by atoms with E-state index in [9.17, 15) is 9.59 Å². The highest BCUT2D eigenvalue weighted by molar-refractivity contribution is 6.17. The summed E-state index contributed by atoms with van der Waals surface area (Å²) < 4.78 is 0. The molecule has 3 rings (SSSR count). The second kappa shape index (κ2) is 3.64. The van der Waals surface area contributed by atoms with Crippen LogP contribution in [0.4, 0.5) is 0 Å². The summed E-state index contributed by atoms with van der Waals surface area (Å²) >= 11 is 0. The molecular formula is C16H16O2. The predicted octanol–water partition coefficient (Wildman–Crippen LogP) is 3.43. The highest BCUT2D eigenvalue weighted by Crippen LogP contribution is 2.48. The first-order chi connectivity index (χ1) is 8.54. The third kappa shape index (κ3) is 1.35. The van der Waals surface area contributed by atoms with E-state index in [0.717, 1.165) is 0 Å². The molecule has 1 aromatic rings. The Kier molecular flexibility index (Phi) is 2.31. The van der Waals surface area contributed by atoms with Crippen molar-refractivity contribution in [1.29, 1.82) is 0 Å². The number of fused-ring (bicyclic) bond motifs is 2. The van der Waals surface area contributed by atoms with Crippen LogP contribution in [-0.2, 0) is 0 Å². The Labute approximate surface area is 107 Å². The van der Waals surface area contributed by atoms with Gasteiger partial charge in [-0.1, -0.05) is 42.8 Å². The quantitative estimate of drug-likeness (QED) is 0.651. The van der Waals surface area contributed by atoms with Crippen LogP contribution in [0.5, 0.6) is 0 Å². The van der Waals surface area contributed by atoms with Gasteiger partial charge in [0.1, 0.15) is 0 Å². The lowest BCUT2D eigenvalue weighted by Gasteiger charge is -2.42. The van der Waals surface area contributed by atoms with Crippen molar-refractivity contribution < 1.29 is 9.59 Å². The van der Waals surface area contributed by atoms with E-state index in [1.807, 2.05) is 26.0 Å². The van der Waals surface area contributed by atoms with Gasteiger partial charge in [0.15, 0.2) is 11.6 Å². The number of ketones is 2. The maximum absolute atomic E-state index is 12.7. The molecule has 0 spiro atoms. The van der Waals surface area contributed by atoms with E-state index in [1.54, 1.807) is 12.1 Å². The van der Waals surface area contributed by atoms with Crippen LogP contribution in [0.1, 0.15) is 47.4 Å². The lowest BCUT2D eigenvalue weighted by molar-refractivity contribution is 0.0563. The van der Waals surface area contributed by atoms with Crippen LogP contribution in [0.25, 0.3) is 0 Å². The lowest BCUT2D eigenvalue weighted by Crippen LogP contribution is -2.46. The first-order valence-corrected chi connectivity index (χ1v) is 6.38. The number of allylic oxidation sites excluding steroid dienone is 2. The molecule has 0 saturated heterocycles. The Hall–Kier alpha value is -1.70. The van der Waals surface area contributed by atoms with E-state index in [1.165, 1.54) is 5.57 Å². The third-order valence-corrected chi connectivity index (χ3v) is 4.39. The molecule has 0 bridgehead atoms. The minimum atomic E-state index is -0.537. The van der Waals surface area contributed by atoms with Crippen molar-refractivity contribution in [2.75, 3.05) is 0 Å². The number of benzene rings is 1. The van der Waals surface area contributed by atoms with Crippen LogP contribution in [0.3, 0.4) is 0 Å². The Balaban J connectivity index is 2.20. The zero-order chi connectivity index (χ0) is 12.9. The molecule has 0 heterocycles.